The molecule has 0 radical (unpaired) electrons. The van der Waals surface area contributed by atoms with E-state index in [9.17, 15) is 4.79 Å². The zero-order valence-electron chi connectivity index (χ0n) is 7.71. The van der Waals surface area contributed by atoms with Crippen molar-refractivity contribution in [1.82, 2.24) is 4.98 Å². The Kier molecular flexibility index (Phi) is 3.88. The number of carbonyl (C=O) groups is 1. The van der Waals surface area contributed by atoms with Crippen LogP contribution in [0.15, 0.2) is 47.3 Å². The van der Waals surface area contributed by atoms with Gasteiger partial charge in [-0.25, -0.2) is 0 Å². The highest BCUT2D eigenvalue weighted by molar-refractivity contribution is 6.02. The SMILES string of the molecule is Cl.O=C(Nc1ccncc1)c1ccco1. The van der Waals surface area contributed by atoms with Crippen LogP contribution >= 0.6 is 12.4 Å². The lowest BCUT2D eigenvalue weighted by Gasteiger charge is -2.00. The molecule has 0 saturated carbocycles. The maximum Gasteiger partial charge on any atom is 0.291 e. The van der Waals surface area contributed by atoms with Crippen LogP contribution in [0.2, 0.25) is 0 Å². The van der Waals surface area contributed by atoms with Crippen LogP contribution in [-0.2, 0) is 0 Å². The van der Waals surface area contributed by atoms with Crippen molar-refractivity contribution in [3.63, 3.8) is 0 Å². The molecule has 15 heavy (non-hydrogen) atoms. The van der Waals surface area contributed by atoms with Gasteiger partial charge < -0.3 is 9.73 Å². The number of aromatic nitrogens is 1. The number of pyridine rings is 1. The summed E-state index contributed by atoms with van der Waals surface area (Å²) < 4.78 is 4.94. The number of hydrogen-bond donors (Lipinski definition) is 1. The fourth-order valence-corrected chi connectivity index (χ4v) is 1.04. The summed E-state index contributed by atoms with van der Waals surface area (Å²) in [6.45, 7) is 0. The predicted octanol–water partition coefficient (Wildman–Crippen LogP) is 2.35. The lowest BCUT2D eigenvalue weighted by atomic mass is 10.3. The van der Waals surface area contributed by atoms with E-state index in [1.807, 2.05) is 0 Å². The van der Waals surface area contributed by atoms with Crippen molar-refractivity contribution in [2.24, 2.45) is 0 Å². The Morgan fingerprint density at radius 1 is 1.27 bits per heavy atom. The Labute approximate surface area is 92.7 Å². The fraction of sp³-hybridized carbons (Fsp3) is 0. The van der Waals surface area contributed by atoms with Gasteiger partial charge in [-0.2, -0.15) is 0 Å². The minimum atomic E-state index is -0.263. The summed E-state index contributed by atoms with van der Waals surface area (Å²) in [5, 5.41) is 2.67. The third-order valence-electron chi connectivity index (χ3n) is 1.68. The number of nitrogens with zero attached hydrogens (tertiary/aromatic N) is 1. The molecule has 1 amide bonds. The highest BCUT2D eigenvalue weighted by Gasteiger charge is 2.07. The van der Waals surface area contributed by atoms with Gasteiger partial charge in [-0.1, -0.05) is 0 Å². The first-order valence-corrected chi connectivity index (χ1v) is 4.11. The van der Waals surface area contributed by atoms with E-state index in [-0.39, 0.29) is 18.3 Å². The minimum Gasteiger partial charge on any atom is -0.459 e. The predicted molar refractivity (Wildman–Crippen MR) is 58.1 cm³/mol. The Hall–Kier alpha value is -1.81. The van der Waals surface area contributed by atoms with Crippen LogP contribution in [0.5, 0.6) is 0 Å². The topological polar surface area (TPSA) is 55.1 Å². The molecule has 2 aromatic heterocycles. The molecule has 2 rings (SSSR count). The van der Waals surface area contributed by atoms with Crippen molar-refractivity contribution in [3.8, 4) is 0 Å². The van der Waals surface area contributed by atoms with Crippen LogP contribution in [0.25, 0.3) is 0 Å². The third-order valence-corrected chi connectivity index (χ3v) is 1.68. The van der Waals surface area contributed by atoms with E-state index < -0.39 is 0 Å². The molecule has 0 bridgehead atoms. The number of anilines is 1. The van der Waals surface area contributed by atoms with Crippen molar-refractivity contribution in [2.45, 2.75) is 0 Å². The van der Waals surface area contributed by atoms with Gasteiger partial charge in [0.05, 0.1) is 6.26 Å². The van der Waals surface area contributed by atoms with Gasteiger partial charge in [-0.15, -0.1) is 12.4 Å². The second-order valence-electron chi connectivity index (χ2n) is 2.67. The van der Waals surface area contributed by atoms with Crippen molar-refractivity contribution < 1.29 is 9.21 Å². The summed E-state index contributed by atoms with van der Waals surface area (Å²) in [5.74, 6) is 0.0306. The van der Waals surface area contributed by atoms with Gasteiger partial charge in [-0.3, -0.25) is 9.78 Å². The van der Waals surface area contributed by atoms with E-state index in [0.29, 0.717) is 11.4 Å². The monoisotopic (exact) mass is 224 g/mol. The molecule has 0 unspecified atom stereocenters. The molecule has 0 saturated heterocycles. The molecule has 0 aliphatic carbocycles. The van der Waals surface area contributed by atoms with Crippen LogP contribution in [-0.4, -0.2) is 10.9 Å². The molecule has 0 atom stereocenters. The third kappa shape index (κ3) is 2.82. The standard InChI is InChI=1S/C10H8N2O2.ClH/c13-10(9-2-1-7-14-9)12-8-3-5-11-6-4-8;/h1-7H,(H,11,12,13);1H. The lowest BCUT2D eigenvalue weighted by molar-refractivity contribution is 0.0996. The maximum absolute atomic E-state index is 11.4. The molecule has 2 heterocycles. The van der Waals surface area contributed by atoms with Gasteiger partial charge >= 0.3 is 0 Å². The van der Waals surface area contributed by atoms with Gasteiger partial charge in [0.1, 0.15) is 0 Å². The van der Waals surface area contributed by atoms with Crippen molar-refractivity contribution >= 4 is 24.0 Å². The number of rotatable bonds is 2. The van der Waals surface area contributed by atoms with Crippen LogP contribution in [0, 0.1) is 0 Å². The van der Waals surface area contributed by atoms with Crippen LogP contribution in [0.1, 0.15) is 10.6 Å². The van der Waals surface area contributed by atoms with E-state index in [1.165, 1.54) is 6.26 Å². The summed E-state index contributed by atoms with van der Waals surface area (Å²) in [5.41, 5.74) is 0.696. The molecule has 2 aromatic rings. The zero-order valence-corrected chi connectivity index (χ0v) is 8.53. The Morgan fingerprint density at radius 2 is 2.00 bits per heavy atom. The molecule has 0 fully saturated rings. The van der Waals surface area contributed by atoms with Gasteiger partial charge in [-0.05, 0) is 24.3 Å². The van der Waals surface area contributed by atoms with E-state index >= 15 is 0 Å². The summed E-state index contributed by atoms with van der Waals surface area (Å²) in [6, 6.07) is 6.69. The molecule has 0 aliphatic heterocycles. The first-order valence-electron chi connectivity index (χ1n) is 4.11. The molecule has 0 aromatic carbocycles. The van der Waals surface area contributed by atoms with E-state index in [2.05, 4.69) is 10.3 Å². The van der Waals surface area contributed by atoms with Crippen LogP contribution < -0.4 is 5.32 Å². The number of furan rings is 1. The first-order chi connectivity index (χ1) is 6.86. The molecular weight excluding hydrogens is 216 g/mol. The van der Waals surface area contributed by atoms with Crippen molar-refractivity contribution in [3.05, 3.63) is 48.7 Å². The smallest absolute Gasteiger partial charge is 0.291 e. The molecule has 0 spiro atoms. The van der Waals surface area contributed by atoms with E-state index in [1.54, 1.807) is 36.7 Å². The summed E-state index contributed by atoms with van der Waals surface area (Å²) >= 11 is 0. The highest BCUT2D eigenvalue weighted by atomic mass is 35.5. The lowest BCUT2D eigenvalue weighted by Crippen LogP contribution is -2.10. The largest absolute Gasteiger partial charge is 0.459 e. The van der Waals surface area contributed by atoms with Crippen molar-refractivity contribution in [1.29, 1.82) is 0 Å². The quantitative estimate of drug-likeness (QED) is 0.852. The highest BCUT2D eigenvalue weighted by Crippen LogP contribution is 2.07. The van der Waals surface area contributed by atoms with Gasteiger partial charge in [0.15, 0.2) is 5.76 Å². The average molecular weight is 225 g/mol. The minimum absolute atomic E-state index is 0. The Morgan fingerprint density at radius 3 is 2.60 bits per heavy atom. The molecule has 1 N–H and O–H groups in total. The molecule has 0 aliphatic rings. The van der Waals surface area contributed by atoms with Gasteiger partial charge in [0.25, 0.3) is 5.91 Å². The second-order valence-corrected chi connectivity index (χ2v) is 2.67. The molecule has 78 valence electrons. The van der Waals surface area contributed by atoms with E-state index in [4.69, 9.17) is 4.42 Å². The molecule has 4 nitrogen and oxygen atoms in total. The maximum atomic E-state index is 11.4. The second kappa shape index (κ2) is 5.17. The fourth-order valence-electron chi connectivity index (χ4n) is 1.04. The van der Waals surface area contributed by atoms with Gasteiger partial charge in [0.2, 0.25) is 0 Å². The Bertz CT molecular complexity index is 414. The average Bonchev–Trinajstić information content (AvgIpc) is 2.72. The molecular formula is C10H9ClN2O2. The number of amides is 1. The summed E-state index contributed by atoms with van der Waals surface area (Å²) in [6.07, 6.45) is 4.68. The number of halogens is 1. The Balaban J connectivity index is 0.00000112. The first kappa shape index (κ1) is 11.3. The molecule has 5 heteroatoms. The summed E-state index contributed by atoms with van der Waals surface area (Å²) in [4.78, 5) is 15.3. The number of carbonyl (C=O) groups excluding carboxylic acids is 1. The zero-order chi connectivity index (χ0) is 9.80. The van der Waals surface area contributed by atoms with Gasteiger partial charge in [0, 0.05) is 18.1 Å². The number of hydrogen-bond acceptors (Lipinski definition) is 3. The van der Waals surface area contributed by atoms with E-state index in [0.717, 1.165) is 0 Å². The summed E-state index contributed by atoms with van der Waals surface area (Å²) in [7, 11) is 0. The number of nitrogens with one attached hydrogen (secondary N) is 1. The van der Waals surface area contributed by atoms with Crippen molar-refractivity contribution in [2.75, 3.05) is 5.32 Å². The van der Waals surface area contributed by atoms with Crippen LogP contribution in [0.3, 0.4) is 0 Å². The van der Waals surface area contributed by atoms with Crippen LogP contribution in [0.4, 0.5) is 5.69 Å². The normalized spacial score (nSPS) is 9.07.